The average molecular weight is 399 g/mol. The first kappa shape index (κ1) is 18.4. The Morgan fingerprint density at radius 2 is 2.25 bits per heavy atom. The van der Waals surface area contributed by atoms with Gasteiger partial charge in [0.25, 0.3) is 11.8 Å². The summed E-state index contributed by atoms with van der Waals surface area (Å²) in [6, 6.07) is 0. The van der Waals surface area contributed by atoms with E-state index in [0.29, 0.717) is 37.4 Å². The van der Waals surface area contributed by atoms with E-state index in [1.165, 1.54) is 0 Å². The first-order chi connectivity index (χ1) is 13.6. The van der Waals surface area contributed by atoms with Crippen molar-refractivity contribution in [2.45, 2.75) is 32.9 Å². The van der Waals surface area contributed by atoms with Crippen LogP contribution in [0.3, 0.4) is 0 Å². The highest BCUT2D eigenvalue weighted by molar-refractivity contribution is 7.09. The monoisotopic (exact) mass is 399 g/mol. The van der Waals surface area contributed by atoms with Gasteiger partial charge in [-0.3, -0.25) is 14.7 Å². The molecule has 0 saturated heterocycles. The number of H-pyrrole nitrogens is 1. The number of carbonyl (C=O) groups is 2. The van der Waals surface area contributed by atoms with Crippen molar-refractivity contribution in [1.29, 1.82) is 0 Å². The van der Waals surface area contributed by atoms with E-state index in [2.05, 4.69) is 32.4 Å². The molecule has 3 aromatic rings. The Morgan fingerprint density at radius 1 is 1.39 bits per heavy atom. The number of fused-ring (bicyclic) bond motifs is 1. The lowest BCUT2D eigenvalue weighted by atomic mass is 10.0. The molecule has 9 nitrogen and oxygen atoms in total. The van der Waals surface area contributed by atoms with Gasteiger partial charge in [-0.25, -0.2) is 9.97 Å². The fourth-order valence-electron chi connectivity index (χ4n) is 3.24. The molecule has 28 heavy (non-hydrogen) atoms. The molecule has 0 aromatic carbocycles. The van der Waals surface area contributed by atoms with Gasteiger partial charge in [0.05, 0.1) is 37.0 Å². The van der Waals surface area contributed by atoms with Gasteiger partial charge in [0.2, 0.25) is 0 Å². The maximum absolute atomic E-state index is 12.7. The van der Waals surface area contributed by atoms with Crippen LogP contribution in [0.4, 0.5) is 0 Å². The van der Waals surface area contributed by atoms with Crippen LogP contribution >= 0.6 is 11.3 Å². The van der Waals surface area contributed by atoms with Crippen LogP contribution < -0.4 is 5.32 Å². The average Bonchev–Trinajstić information content (AvgIpc) is 3.44. The lowest BCUT2D eigenvalue weighted by Gasteiger charge is -2.26. The summed E-state index contributed by atoms with van der Waals surface area (Å²) in [5, 5.41) is 12.9. The molecule has 1 aliphatic rings. The summed E-state index contributed by atoms with van der Waals surface area (Å²) in [5.74, 6) is -0.307. The van der Waals surface area contributed by atoms with E-state index < -0.39 is 0 Å². The lowest BCUT2D eigenvalue weighted by Crippen LogP contribution is -2.37. The van der Waals surface area contributed by atoms with Crippen LogP contribution in [0.15, 0.2) is 17.9 Å². The standard InChI is InChI=1S/C18H21N7O2S/c1-3-11-9-28-15(21-11)7-20-17(26)16-12-4-5-25(8-13(12)22-23-16)18(27)14-6-19-10-24(14)2/h6,9-10H,3-5,7-8H2,1-2H3,(H,20,26)(H,22,23). The molecule has 0 unspecified atom stereocenters. The number of hydrogen-bond donors (Lipinski definition) is 2. The van der Waals surface area contributed by atoms with E-state index in [1.807, 2.05) is 5.38 Å². The van der Waals surface area contributed by atoms with E-state index in [1.54, 1.807) is 40.4 Å². The molecule has 0 aliphatic carbocycles. The second-order valence-corrected chi connectivity index (χ2v) is 7.61. The van der Waals surface area contributed by atoms with Crippen LogP contribution in [-0.4, -0.2) is 48.0 Å². The largest absolute Gasteiger partial charge is 0.344 e. The Bertz CT molecular complexity index is 1020. The van der Waals surface area contributed by atoms with Crippen molar-refractivity contribution in [3.8, 4) is 0 Å². The normalized spacial score (nSPS) is 13.4. The fraction of sp³-hybridized carbons (Fsp3) is 0.389. The summed E-state index contributed by atoms with van der Waals surface area (Å²) in [6.07, 6.45) is 4.63. The number of hydrogen-bond acceptors (Lipinski definition) is 6. The molecule has 3 aromatic heterocycles. The summed E-state index contributed by atoms with van der Waals surface area (Å²) in [5.41, 5.74) is 3.64. The van der Waals surface area contributed by atoms with Gasteiger partial charge in [-0.05, 0) is 12.8 Å². The number of aromatic amines is 1. The van der Waals surface area contributed by atoms with Gasteiger partial charge in [-0.2, -0.15) is 5.10 Å². The minimum absolute atomic E-state index is 0.0817. The van der Waals surface area contributed by atoms with Crippen molar-refractivity contribution >= 4 is 23.2 Å². The number of nitrogens with zero attached hydrogens (tertiary/aromatic N) is 5. The summed E-state index contributed by atoms with van der Waals surface area (Å²) < 4.78 is 1.70. The number of nitrogens with one attached hydrogen (secondary N) is 2. The van der Waals surface area contributed by atoms with Gasteiger partial charge < -0.3 is 14.8 Å². The second-order valence-electron chi connectivity index (χ2n) is 6.66. The zero-order chi connectivity index (χ0) is 19.7. The third kappa shape index (κ3) is 3.42. The van der Waals surface area contributed by atoms with E-state index >= 15 is 0 Å². The fourth-order valence-corrected chi connectivity index (χ4v) is 4.05. The van der Waals surface area contributed by atoms with E-state index in [9.17, 15) is 9.59 Å². The van der Waals surface area contributed by atoms with Gasteiger partial charge in [0.1, 0.15) is 10.7 Å². The molecule has 10 heteroatoms. The highest BCUT2D eigenvalue weighted by Gasteiger charge is 2.28. The first-order valence-electron chi connectivity index (χ1n) is 9.10. The molecule has 2 amide bonds. The van der Waals surface area contributed by atoms with Crippen molar-refractivity contribution < 1.29 is 9.59 Å². The van der Waals surface area contributed by atoms with Crippen LogP contribution in [0.25, 0.3) is 0 Å². The molecular weight excluding hydrogens is 378 g/mol. The topological polar surface area (TPSA) is 109 Å². The highest BCUT2D eigenvalue weighted by atomic mass is 32.1. The molecule has 0 spiro atoms. The molecule has 146 valence electrons. The summed E-state index contributed by atoms with van der Waals surface area (Å²) in [6.45, 7) is 3.36. The third-order valence-electron chi connectivity index (χ3n) is 4.83. The van der Waals surface area contributed by atoms with Crippen LogP contribution in [0.1, 0.15) is 49.9 Å². The van der Waals surface area contributed by atoms with Crippen molar-refractivity contribution in [2.24, 2.45) is 7.05 Å². The summed E-state index contributed by atoms with van der Waals surface area (Å²) in [4.78, 5) is 35.4. The van der Waals surface area contributed by atoms with Crippen LogP contribution in [0.5, 0.6) is 0 Å². The van der Waals surface area contributed by atoms with Crippen LogP contribution in [0.2, 0.25) is 0 Å². The molecule has 0 bridgehead atoms. The van der Waals surface area contributed by atoms with Gasteiger partial charge in [-0.1, -0.05) is 6.92 Å². The number of rotatable bonds is 5. The Balaban J connectivity index is 1.42. The zero-order valence-corrected chi connectivity index (χ0v) is 16.5. The van der Waals surface area contributed by atoms with Gasteiger partial charge in [-0.15, -0.1) is 11.3 Å². The van der Waals surface area contributed by atoms with Crippen LogP contribution in [-0.2, 0) is 33.0 Å². The molecular formula is C18H21N7O2S. The van der Waals surface area contributed by atoms with Crippen molar-refractivity contribution in [1.82, 2.24) is 34.9 Å². The molecule has 4 heterocycles. The zero-order valence-electron chi connectivity index (χ0n) is 15.7. The number of carbonyl (C=O) groups excluding carboxylic acids is 2. The van der Waals surface area contributed by atoms with Gasteiger partial charge >= 0.3 is 0 Å². The highest BCUT2D eigenvalue weighted by Crippen LogP contribution is 2.22. The van der Waals surface area contributed by atoms with E-state index in [4.69, 9.17) is 0 Å². The Hall–Kier alpha value is -3.01. The smallest absolute Gasteiger partial charge is 0.272 e. The van der Waals surface area contributed by atoms with Crippen molar-refractivity contribution in [3.63, 3.8) is 0 Å². The van der Waals surface area contributed by atoms with Crippen molar-refractivity contribution in [2.75, 3.05) is 6.54 Å². The maximum Gasteiger partial charge on any atom is 0.272 e. The molecule has 2 N–H and O–H groups in total. The molecule has 1 aliphatic heterocycles. The van der Waals surface area contributed by atoms with Gasteiger partial charge in [0, 0.05) is 24.5 Å². The van der Waals surface area contributed by atoms with Crippen LogP contribution in [0, 0.1) is 0 Å². The summed E-state index contributed by atoms with van der Waals surface area (Å²) >= 11 is 1.54. The Labute approximate surface area is 165 Å². The number of amides is 2. The minimum Gasteiger partial charge on any atom is -0.344 e. The number of aryl methyl sites for hydroxylation is 2. The number of thiazole rings is 1. The second kappa shape index (κ2) is 7.55. The van der Waals surface area contributed by atoms with Gasteiger partial charge in [0.15, 0.2) is 5.69 Å². The van der Waals surface area contributed by atoms with E-state index in [0.717, 1.165) is 28.4 Å². The molecule has 0 fully saturated rings. The lowest BCUT2D eigenvalue weighted by molar-refractivity contribution is 0.0722. The van der Waals surface area contributed by atoms with E-state index in [-0.39, 0.29) is 11.8 Å². The minimum atomic E-state index is -0.225. The quantitative estimate of drug-likeness (QED) is 0.672. The molecule has 0 radical (unpaired) electrons. The van der Waals surface area contributed by atoms with Crippen molar-refractivity contribution in [3.05, 3.63) is 51.3 Å². The molecule has 0 atom stereocenters. The first-order valence-corrected chi connectivity index (χ1v) is 9.98. The Kier molecular flexibility index (Phi) is 4.95. The third-order valence-corrected chi connectivity index (χ3v) is 5.73. The summed E-state index contributed by atoms with van der Waals surface area (Å²) in [7, 11) is 1.79. The maximum atomic E-state index is 12.7. The number of aromatic nitrogens is 5. The SMILES string of the molecule is CCc1csc(CNC(=O)c2n[nH]c3c2CCN(C(=O)c2cncn2C)C3)n1. The molecule has 0 saturated carbocycles. The number of imidazole rings is 1. The Morgan fingerprint density at radius 3 is 2.96 bits per heavy atom. The predicted octanol–water partition coefficient (Wildman–Crippen LogP) is 1.29. The predicted molar refractivity (Wildman–Crippen MR) is 103 cm³/mol. The molecule has 4 rings (SSSR count).